The number of carbonyl (C=O) groups is 1. The van der Waals surface area contributed by atoms with E-state index >= 15 is 0 Å². The second kappa shape index (κ2) is 7.25. The van der Waals surface area contributed by atoms with Gasteiger partial charge in [-0.25, -0.2) is 4.39 Å². The van der Waals surface area contributed by atoms with Crippen molar-refractivity contribution in [3.63, 3.8) is 0 Å². The maximum Gasteiger partial charge on any atom is 0.264 e. The number of benzene rings is 2. The molecule has 30 heavy (non-hydrogen) atoms. The van der Waals surface area contributed by atoms with E-state index in [1.165, 1.54) is 23.5 Å². The third kappa shape index (κ3) is 3.25. The second-order valence-corrected chi connectivity index (χ2v) is 8.66. The maximum atomic E-state index is 13.2. The number of piperazine rings is 1. The topological polar surface area (TPSA) is 56.4 Å². The first-order valence-corrected chi connectivity index (χ1v) is 10.7. The number of halogens is 1. The largest absolute Gasteiger partial charge is 0.368 e. The van der Waals surface area contributed by atoms with E-state index in [9.17, 15) is 14.0 Å². The minimum atomic E-state index is -0.255. The highest BCUT2D eigenvalue weighted by Gasteiger charge is 2.24. The molecule has 1 aliphatic heterocycles. The molecule has 0 aliphatic carbocycles. The average Bonchev–Trinajstić information content (AvgIpc) is 3.21. The third-order valence-electron chi connectivity index (χ3n) is 5.61. The van der Waals surface area contributed by atoms with E-state index in [-0.39, 0.29) is 17.3 Å². The Kier molecular flexibility index (Phi) is 4.55. The molecule has 3 heterocycles. The van der Waals surface area contributed by atoms with Gasteiger partial charge in [-0.3, -0.25) is 9.59 Å². The first-order valence-electron chi connectivity index (χ1n) is 9.85. The second-order valence-electron chi connectivity index (χ2n) is 7.61. The molecule has 2 aromatic heterocycles. The monoisotopic (exact) mass is 421 g/mol. The van der Waals surface area contributed by atoms with Gasteiger partial charge in [0.25, 0.3) is 11.5 Å². The van der Waals surface area contributed by atoms with Crippen molar-refractivity contribution in [3.05, 3.63) is 75.1 Å². The van der Waals surface area contributed by atoms with Crippen LogP contribution >= 0.6 is 11.3 Å². The first-order chi connectivity index (χ1) is 14.5. The summed E-state index contributed by atoms with van der Waals surface area (Å²) in [5.74, 6) is -0.301. The molecular formula is C23H20FN3O2S. The van der Waals surface area contributed by atoms with Crippen LogP contribution in [-0.4, -0.2) is 42.0 Å². The standard InChI is InChI=1S/C23H20FN3O2S/c1-14-2-7-19-17(12-14)21-18(22(28)25-19)13-20(30-21)23(29)27-10-8-26(9-11-27)16-5-3-15(24)4-6-16/h2-7,12-13H,8-11H2,1H3,(H,25,28). The molecule has 0 unspecified atom stereocenters. The molecule has 2 aromatic carbocycles. The maximum absolute atomic E-state index is 13.2. The molecule has 0 bridgehead atoms. The number of carbonyl (C=O) groups excluding carboxylic acids is 1. The highest BCUT2D eigenvalue weighted by atomic mass is 32.1. The van der Waals surface area contributed by atoms with Gasteiger partial charge in [-0.05, 0) is 49.4 Å². The summed E-state index contributed by atoms with van der Waals surface area (Å²) in [6.07, 6.45) is 0. The molecule has 5 nitrogen and oxygen atoms in total. The number of amides is 1. The molecule has 1 fully saturated rings. The molecule has 5 rings (SSSR count). The van der Waals surface area contributed by atoms with E-state index in [1.54, 1.807) is 18.2 Å². The Morgan fingerprint density at radius 3 is 2.47 bits per heavy atom. The number of thiophene rings is 1. The summed E-state index contributed by atoms with van der Waals surface area (Å²) in [5, 5.41) is 1.53. The van der Waals surface area contributed by atoms with Gasteiger partial charge >= 0.3 is 0 Å². The van der Waals surface area contributed by atoms with Crippen LogP contribution in [0.1, 0.15) is 15.2 Å². The van der Waals surface area contributed by atoms with Crippen molar-refractivity contribution in [1.29, 1.82) is 0 Å². The van der Waals surface area contributed by atoms with E-state index in [0.29, 0.717) is 36.4 Å². The van der Waals surface area contributed by atoms with Gasteiger partial charge < -0.3 is 14.8 Å². The zero-order valence-electron chi connectivity index (χ0n) is 16.4. The lowest BCUT2D eigenvalue weighted by Gasteiger charge is -2.36. The van der Waals surface area contributed by atoms with E-state index < -0.39 is 0 Å². The Morgan fingerprint density at radius 2 is 1.73 bits per heavy atom. The van der Waals surface area contributed by atoms with Gasteiger partial charge in [-0.2, -0.15) is 0 Å². The van der Waals surface area contributed by atoms with Gasteiger partial charge in [-0.1, -0.05) is 11.6 Å². The lowest BCUT2D eigenvalue weighted by Crippen LogP contribution is -2.48. The molecule has 1 aliphatic rings. The Balaban J connectivity index is 1.41. The van der Waals surface area contributed by atoms with Gasteiger partial charge in [0.15, 0.2) is 0 Å². The van der Waals surface area contributed by atoms with Crippen molar-refractivity contribution in [1.82, 2.24) is 9.88 Å². The lowest BCUT2D eigenvalue weighted by atomic mass is 10.1. The van der Waals surface area contributed by atoms with E-state index in [4.69, 9.17) is 0 Å². The quantitative estimate of drug-likeness (QED) is 0.529. The Labute approximate surface area is 176 Å². The molecule has 0 atom stereocenters. The van der Waals surface area contributed by atoms with Crippen LogP contribution in [0.25, 0.3) is 21.0 Å². The highest BCUT2D eigenvalue weighted by molar-refractivity contribution is 7.21. The zero-order chi connectivity index (χ0) is 20.8. The van der Waals surface area contributed by atoms with Gasteiger partial charge in [0.2, 0.25) is 0 Å². The fourth-order valence-electron chi connectivity index (χ4n) is 3.99. The highest BCUT2D eigenvalue weighted by Crippen LogP contribution is 2.31. The molecule has 0 radical (unpaired) electrons. The molecule has 7 heteroatoms. The molecule has 0 spiro atoms. The van der Waals surface area contributed by atoms with Gasteiger partial charge in [-0.15, -0.1) is 11.3 Å². The Bertz CT molecular complexity index is 1320. The minimum Gasteiger partial charge on any atom is -0.368 e. The van der Waals surface area contributed by atoms with Crippen molar-refractivity contribution < 1.29 is 9.18 Å². The zero-order valence-corrected chi connectivity index (χ0v) is 17.3. The number of nitrogens with one attached hydrogen (secondary N) is 1. The smallest absolute Gasteiger partial charge is 0.264 e. The summed E-state index contributed by atoms with van der Waals surface area (Å²) in [7, 11) is 0. The van der Waals surface area contributed by atoms with Crippen LogP contribution in [0.15, 0.2) is 53.3 Å². The van der Waals surface area contributed by atoms with E-state index in [1.807, 2.05) is 30.0 Å². The number of H-pyrrole nitrogens is 1. The van der Waals surface area contributed by atoms with Crippen LogP contribution < -0.4 is 10.5 Å². The lowest BCUT2D eigenvalue weighted by molar-refractivity contribution is 0.0751. The number of hydrogen-bond donors (Lipinski definition) is 1. The molecule has 4 aromatic rings. The SMILES string of the molecule is Cc1ccc2[nH]c(=O)c3cc(C(=O)N4CCN(c5ccc(F)cc5)CC4)sc3c2c1. The Hall–Kier alpha value is -3.19. The molecule has 1 amide bonds. The number of aryl methyl sites for hydroxylation is 1. The number of fused-ring (bicyclic) bond motifs is 3. The fourth-order valence-corrected chi connectivity index (χ4v) is 5.14. The predicted octanol–water partition coefficient (Wildman–Crippen LogP) is 4.15. The summed E-state index contributed by atoms with van der Waals surface area (Å²) in [6.45, 7) is 4.55. The number of aromatic amines is 1. The van der Waals surface area contributed by atoms with E-state index in [0.717, 1.165) is 26.9 Å². The fraction of sp³-hybridized carbons (Fsp3) is 0.217. The van der Waals surface area contributed by atoms with Crippen LogP contribution in [-0.2, 0) is 0 Å². The van der Waals surface area contributed by atoms with Crippen molar-refractivity contribution in [2.45, 2.75) is 6.92 Å². The molecule has 152 valence electrons. The number of aromatic nitrogens is 1. The first kappa shape index (κ1) is 18.8. The normalized spacial score (nSPS) is 14.6. The Morgan fingerprint density at radius 1 is 1.00 bits per heavy atom. The molecule has 0 saturated carbocycles. The van der Waals surface area contributed by atoms with Crippen LogP contribution in [0.5, 0.6) is 0 Å². The number of rotatable bonds is 2. The van der Waals surface area contributed by atoms with Gasteiger partial charge in [0, 0.05) is 47.5 Å². The van der Waals surface area contributed by atoms with Crippen molar-refractivity contribution in [2.75, 3.05) is 31.1 Å². The average molecular weight is 421 g/mol. The van der Waals surface area contributed by atoms with Crippen LogP contribution in [0.2, 0.25) is 0 Å². The third-order valence-corrected chi connectivity index (χ3v) is 6.77. The number of anilines is 1. The summed E-state index contributed by atoms with van der Waals surface area (Å²) in [5.41, 5.74) is 2.68. The van der Waals surface area contributed by atoms with Crippen molar-refractivity contribution >= 4 is 43.9 Å². The summed E-state index contributed by atoms with van der Waals surface area (Å²) in [4.78, 5) is 33.1. The molecule has 1 saturated heterocycles. The minimum absolute atomic E-state index is 0.0461. The number of hydrogen-bond acceptors (Lipinski definition) is 4. The van der Waals surface area contributed by atoms with Crippen LogP contribution in [0.3, 0.4) is 0 Å². The van der Waals surface area contributed by atoms with Gasteiger partial charge in [0.1, 0.15) is 5.82 Å². The van der Waals surface area contributed by atoms with Gasteiger partial charge in [0.05, 0.1) is 10.3 Å². The van der Waals surface area contributed by atoms with E-state index in [2.05, 4.69) is 9.88 Å². The predicted molar refractivity (Wildman–Crippen MR) is 119 cm³/mol. The molecular weight excluding hydrogens is 401 g/mol. The van der Waals surface area contributed by atoms with Crippen molar-refractivity contribution in [3.8, 4) is 0 Å². The number of pyridine rings is 1. The number of nitrogens with zero attached hydrogens (tertiary/aromatic N) is 2. The summed E-state index contributed by atoms with van der Waals surface area (Å²) in [6, 6.07) is 14.1. The van der Waals surface area contributed by atoms with Crippen LogP contribution in [0, 0.1) is 12.7 Å². The van der Waals surface area contributed by atoms with Crippen LogP contribution in [0.4, 0.5) is 10.1 Å². The van der Waals surface area contributed by atoms with Crippen molar-refractivity contribution in [2.24, 2.45) is 0 Å². The molecule has 1 N–H and O–H groups in total. The summed E-state index contributed by atoms with van der Waals surface area (Å²) < 4.78 is 14.0. The summed E-state index contributed by atoms with van der Waals surface area (Å²) >= 11 is 1.38.